The lowest BCUT2D eigenvalue weighted by molar-refractivity contribution is -0.230. The Bertz CT molecular complexity index is 674. The topological polar surface area (TPSA) is 87.1 Å². The third-order valence-electron chi connectivity index (χ3n) is 2.97. The highest BCUT2D eigenvalue weighted by Crippen LogP contribution is 2.35. The molecule has 1 aromatic carbocycles. The second kappa shape index (κ2) is 8.42. The van der Waals surface area contributed by atoms with Crippen LogP contribution in [-0.4, -0.2) is 34.3 Å². The summed E-state index contributed by atoms with van der Waals surface area (Å²) in [6, 6.07) is 5.95. The Morgan fingerprint density at radius 1 is 1.46 bits per heavy atom. The van der Waals surface area contributed by atoms with Crippen LogP contribution < -0.4 is 5.73 Å². The highest BCUT2D eigenvalue weighted by atomic mass is 35.5. The molecular weight excluding hydrogens is 365 g/mol. The van der Waals surface area contributed by atoms with Crippen molar-refractivity contribution in [3.8, 4) is 6.07 Å². The second-order valence-electron chi connectivity index (χ2n) is 4.88. The molecule has 1 atom stereocenters. The van der Waals surface area contributed by atoms with Gasteiger partial charge in [-0.2, -0.15) is 30.2 Å². The van der Waals surface area contributed by atoms with Crippen LogP contribution in [0.15, 0.2) is 24.3 Å². The molecule has 4 nitrogen and oxygen atoms in total. The van der Waals surface area contributed by atoms with Gasteiger partial charge in [-0.3, -0.25) is 4.79 Å². The number of aliphatic hydroxyl groups is 1. The Morgan fingerprint density at radius 2 is 2.12 bits per heavy atom. The van der Waals surface area contributed by atoms with Gasteiger partial charge in [-0.15, -0.1) is 0 Å². The average molecular weight is 379 g/mol. The smallest absolute Gasteiger partial charge is 0.376 e. The maximum atomic E-state index is 13.1. The van der Waals surface area contributed by atoms with Crippen LogP contribution in [0.3, 0.4) is 0 Å². The van der Waals surface area contributed by atoms with Crippen molar-refractivity contribution in [1.29, 1.82) is 5.26 Å². The maximum absolute atomic E-state index is 13.1. The van der Waals surface area contributed by atoms with Crippen molar-refractivity contribution in [1.82, 2.24) is 0 Å². The standard InChI is InChI=1S/C15H14ClF3N2O2S/c16-12-7-10(1-2-11(12)8-20)3-5-14(23,15(17,18)19)9-24-6-4-13(21)22/h1-3,5,7,23H,4,6,9H2,(H2,21,22). The average Bonchev–Trinajstić information content (AvgIpc) is 2.48. The minimum absolute atomic E-state index is 0.0737. The molecule has 0 aliphatic heterocycles. The van der Waals surface area contributed by atoms with Crippen LogP contribution in [0.5, 0.6) is 0 Å². The molecule has 3 N–H and O–H groups in total. The van der Waals surface area contributed by atoms with Gasteiger partial charge in [0.25, 0.3) is 0 Å². The first-order valence-corrected chi connectivity index (χ1v) is 8.16. The van der Waals surface area contributed by atoms with E-state index in [2.05, 4.69) is 0 Å². The van der Waals surface area contributed by atoms with Crippen molar-refractivity contribution in [2.75, 3.05) is 11.5 Å². The Labute approximate surface area is 146 Å². The minimum atomic E-state index is -4.89. The third kappa shape index (κ3) is 5.74. The number of thioether (sulfide) groups is 1. The first kappa shape index (κ1) is 20.4. The molecule has 0 fully saturated rings. The summed E-state index contributed by atoms with van der Waals surface area (Å²) < 4.78 is 39.3. The van der Waals surface area contributed by atoms with Gasteiger partial charge in [0, 0.05) is 17.9 Å². The van der Waals surface area contributed by atoms with Gasteiger partial charge in [-0.25, -0.2) is 0 Å². The first-order chi connectivity index (χ1) is 11.1. The number of hydrogen-bond donors (Lipinski definition) is 2. The van der Waals surface area contributed by atoms with Crippen molar-refractivity contribution >= 4 is 35.3 Å². The molecule has 0 bridgehead atoms. The lowest BCUT2D eigenvalue weighted by Crippen LogP contribution is -2.45. The Kier molecular flexibility index (Phi) is 7.14. The van der Waals surface area contributed by atoms with E-state index < -0.39 is 23.4 Å². The quantitative estimate of drug-likeness (QED) is 0.713. The van der Waals surface area contributed by atoms with E-state index in [1.54, 1.807) is 0 Å². The summed E-state index contributed by atoms with van der Waals surface area (Å²) in [6.45, 7) is 0. The minimum Gasteiger partial charge on any atom is -0.376 e. The summed E-state index contributed by atoms with van der Waals surface area (Å²) in [5.41, 5.74) is 2.36. The summed E-state index contributed by atoms with van der Waals surface area (Å²) in [7, 11) is 0. The Balaban J connectivity index is 2.91. The molecule has 130 valence electrons. The van der Waals surface area contributed by atoms with Crippen LogP contribution in [0.25, 0.3) is 6.08 Å². The van der Waals surface area contributed by atoms with E-state index in [0.29, 0.717) is 11.6 Å². The van der Waals surface area contributed by atoms with Gasteiger partial charge >= 0.3 is 6.18 Å². The van der Waals surface area contributed by atoms with Crippen molar-refractivity contribution < 1.29 is 23.1 Å². The predicted molar refractivity (Wildman–Crippen MR) is 87.3 cm³/mol. The number of alkyl halides is 3. The summed E-state index contributed by atoms with van der Waals surface area (Å²) in [6.07, 6.45) is -3.26. The number of carbonyl (C=O) groups excluding carboxylic acids is 1. The number of benzene rings is 1. The lowest BCUT2D eigenvalue weighted by Gasteiger charge is -2.27. The molecule has 0 heterocycles. The third-order valence-corrected chi connectivity index (χ3v) is 4.42. The fraction of sp³-hybridized carbons (Fsp3) is 0.333. The summed E-state index contributed by atoms with van der Waals surface area (Å²) in [5, 5.41) is 18.8. The molecule has 0 saturated heterocycles. The van der Waals surface area contributed by atoms with Crippen LogP contribution in [0.1, 0.15) is 17.5 Å². The van der Waals surface area contributed by atoms with Gasteiger partial charge < -0.3 is 10.8 Å². The monoisotopic (exact) mass is 378 g/mol. The highest BCUT2D eigenvalue weighted by Gasteiger charge is 2.51. The molecular formula is C15H14ClF3N2O2S. The summed E-state index contributed by atoms with van der Waals surface area (Å²) >= 11 is 6.58. The number of nitrogens with zero attached hydrogens (tertiary/aromatic N) is 1. The maximum Gasteiger partial charge on any atom is 0.421 e. The molecule has 24 heavy (non-hydrogen) atoms. The zero-order chi connectivity index (χ0) is 18.4. The van der Waals surface area contributed by atoms with Crippen LogP contribution in [-0.2, 0) is 4.79 Å². The number of nitriles is 1. The molecule has 1 amide bonds. The molecule has 1 unspecified atom stereocenters. The molecule has 0 spiro atoms. The molecule has 0 aliphatic rings. The van der Waals surface area contributed by atoms with Crippen LogP contribution in [0, 0.1) is 11.3 Å². The largest absolute Gasteiger partial charge is 0.421 e. The van der Waals surface area contributed by atoms with Crippen LogP contribution in [0.4, 0.5) is 13.2 Å². The molecule has 1 rings (SSSR count). The molecule has 9 heteroatoms. The van der Waals surface area contributed by atoms with Crippen molar-refractivity contribution in [3.63, 3.8) is 0 Å². The SMILES string of the molecule is N#Cc1ccc(C=CC(O)(CSCCC(N)=O)C(F)(F)F)cc1Cl. The summed E-state index contributed by atoms with van der Waals surface area (Å²) in [4.78, 5) is 10.6. The number of halogens is 4. The lowest BCUT2D eigenvalue weighted by atomic mass is 10.0. The first-order valence-electron chi connectivity index (χ1n) is 6.63. The highest BCUT2D eigenvalue weighted by molar-refractivity contribution is 7.99. The van der Waals surface area contributed by atoms with E-state index >= 15 is 0 Å². The van der Waals surface area contributed by atoms with Gasteiger partial charge in [0.05, 0.1) is 10.6 Å². The molecule has 0 saturated carbocycles. The van der Waals surface area contributed by atoms with Crippen LogP contribution >= 0.6 is 23.4 Å². The van der Waals surface area contributed by atoms with Gasteiger partial charge in [-0.1, -0.05) is 23.7 Å². The van der Waals surface area contributed by atoms with Crippen molar-refractivity contribution in [2.24, 2.45) is 5.73 Å². The molecule has 1 aromatic rings. The number of hydrogen-bond acceptors (Lipinski definition) is 4. The fourth-order valence-electron chi connectivity index (χ4n) is 1.58. The number of carbonyl (C=O) groups is 1. The summed E-state index contributed by atoms with van der Waals surface area (Å²) in [5.74, 6) is -1.23. The molecule has 0 aliphatic carbocycles. The second-order valence-corrected chi connectivity index (χ2v) is 6.39. The van der Waals surface area contributed by atoms with Crippen molar-refractivity contribution in [2.45, 2.75) is 18.2 Å². The van der Waals surface area contributed by atoms with E-state index in [1.807, 2.05) is 6.07 Å². The van der Waals surface area contributed by atoms with E-state index in [0.717, 1.165) is 17.8 Å². The van der Waals surface area contributed by atoms with E-state index in [-0.39, 0.29) is 22.8 Å². The number of amides is 1. The molecule has 0 radical (unpaired) electrons. The van der Waals surface area contributed by atoms with Gasteiger partial charge in [-0.05, 0) is 23.8 Å². The van der Waals surface area contributed by atoms with Crippen LogP contribution in [0.2, 0.25) is 5.02 Å². The van der Waals surface area contributed by atoms with Gasteiger partial charge in [0.2, 0.25) is 5.91 Å². The van der Waals surface area contributed by atoms with Gasteiger partial charge in [0.15, 0.2) is 5.60 Å². The van der Waals surface area contributed by atoms with E-state index in [4.69, 9.17) is 22.6 Å². The number of nitrogens with two attached hydrogens (primary N) is 1. The Morgan fingerprint density at radius 3 is 2.62 bits per heavy atom. The van der Waals surface area contributed by atoms with Gasteiger partial charge in [0.1, 0.15) is 6.07 Å². The normalized spacial score (nSPS) is 14.3. The molecule has 0 aromatic heterocycles. The zero-order valence-electron chi connectivity index (χ0n) is 12.3. The van der Waals surface area contributed by atoms with E-state index in [1.165, 1.54) is 18.2 Å². The van der Waals surface area contributed by atoms with Crippen molar-refractivity contribution in [3.05, 3.63) is 40.4 Å². The number of primary amides is 1. The van der Waals surface area contributed by atoms with E-state index in [9.17, 15) is 23.1 Å². The zero-order valence-corrected chi connectivity index (χ0v) is 13.9. The number of rotatable bonds is 7. The Hall–Kier alpha value is -1.69. The predicted octanol–water partition coefficient (Wildman–Crippen LogP) is 3.13. The fourth-order valence-corrected chi connectivity index (χ4v) is 2.88.